The van der Waals surface area contributed by atoms with E-state index in [1.807, 2.05) is 7.05 Å². The molecule has 3 fully saturated rings. The maximum atomic E-state index is 13.2. The Morgan fingerprint density at radius 3 is 2.59 bits per heavy atom. The van der Waals surface area contributed by atoms with Crippen molar-refractivity contribution in [3.63, 3.8) is 0 Å². The highest BCUT2D eigenvalue weighted by atomic mass is 16.5. The Morgan fingerprint density at radius 2 is 2.00 bits per heavy atom. The third-order valence-corrected chi connectivity index (χ3v) is 7.02. The summed E-state index contributed by atoms with van der Waals surface area (Å²) < 4.78 is 5.71. The summed E-state index contributed by atoms with van der Waals surface area (Å²) in [7, 11) is 2.02. The second-order valence-electron chi connectivity index (χ2n) is 8.70. The van der Waals surface area contributed by atoms with Crippen molar-refractivity contribution >= 4 is 11.8 Å². The first-order valence-corrected chi connectivity index (χ1v) is 10.8. The highest BCUT2D eigenvalue weighted by Crippen LogP contribution is 2.40. The van der Waals surface area contributed by atoms with Crippen molar-refractivity contribution in [2.24, 2.45) is 11.8 Å². The van der Waals surface area contributed by atoms with Gasteiger partial charge in [0.25, 0.3) is 5.91 Å². The number of ether oxygens (including phenoxy) is 1. The lowest BCUT2D eigenvalue weighted by Gasteiger charge is -2.55. The van der Waals surface area contributed by atoms with Gasteiger partial charge in [-0.15, -0.1) is 0 Å². The smallest absolute Gasteiger partial charge is 0.252 e. The summed E-state index contributed by atoms with van der Waals surface area (Å²) in [6, 6.07) is 0.358. The first-order valence-electron chi connectivity index (χ1n) is 10.8. The Bertz CT molecular complexity index is 535. The summed E-state index contributed by atoms with van der Waals surface area (Å²) >= 11 is 0. The van der Waals surface area contributed by atoms with Gasteiger partial charge in [-0.3, -0.25) is 9.59 Å². The monoisotopic (exact) mass is 379 g/mol. The van der Waals surface area contributed by atoms with Crippen LogP contribution in [-0.4, -0.2) is 72.6 Å². The number of rotatable bonds is 5. The predicted octanol–water partition coefficient (Wildman–Crippen LogP) is 2.03. The number of hydrogen-bond donors (Lipinski definition) is 1. The number of nitrogens with zero attached hydrogens (tertiary/aromatic N) is 2. The Kier molecular flexibility index (Phi) is 6.79. The molecule has 0 aromatic carbocycles. The van der Waals surface area contributed by atoms with Gasteiger partial charge in [-0.2, -0.15) is 0 Å². The minimum Gasteiger partial charge on any atom is -0.368 e. The maximum absolute atomic E-state index is 13.2. The molecule has 1 N–H and O–H groups in total. The van der Waals surface area contributed by atoms with Gasteiger partial charge in [0.1, 0.15) is 6.10 Å². The topological polar surface area (TPSA) is 61.9 Å². The fraction of sp³-hybridized carbons (Fsp3) is 0.905. The van der Waals surface area contributed by atoms with Crippen LogP contribution in [0.3, 0.4) is 0 Å². The maximum Gasteiger partial charge on any atom is 0.252 e. The van der Waals surface area contributed by atoms with E-state index in [9.17, 15) is 9.59 Å². The van der Waals surface area contributed by atoms with Crippen molar-refractivity contribution in [1.29, 1.82) is 0 Å². The normalized spacial score (nSPS) is 35.0. The van der Waals surface area contributed by atoms with E-state index < -0.39 is 0 Å². The highest BCUT2D eigenvalue weighted by Gasteiger charge is 2.48. The average Bonchev–Trinajstić information content (AvgIpc) is 3.19. The van der Waals surface area contributed by atoms with Crippen LogP contribution in [-0.2, 0) is 14.3 Å². The molecule has 2 aliphatic heterocycles. The molecule has 2 saturated heterocycles. The molecule has 0 aromatic rings. The molecule has 1 aliphatic carbocycles. The molecular weight excluding hydrogens is 342 g/mol. The number of piperazine rings is 1. The molecule has 27 heavy (non-hydrogen) atoms. The zero-order valence-electron chi connectivity index (χ0n) is 17.4. The van der Waals surface area contributed by atoms with Gasteiger partial charge in [-0.25, -0.2) is 0 Å². The number of carbonyl (C=O) groups is 2. The van der Waals surface area contributed by atoms with Crippen LogP contribution in [0.2, 0.25) is 0 Å². The Morgan fingerprint density at radius 1 is 1.22 bits per heavy atom. The van der Waals surface area contributed by atoms with Gasteiger partial charge in [0, 0.05) is 26.1 Å². The first kappa shape index (κ1) is 20.6. The molecule has 6 heteroatoms. The van der Waals surface area contributed by atoms with Crippen molar-refractivity contribution in [3.8, 4) is 0 Å². The molecule has 2 amide bonds. The molecule has 0 radical (unpaired) electrons. The number of amides is 2. The van der Waals surface area contributed by atoms with E-state index in [1.165, 1.54) is 0 Å². The lowest BCUT2D eigenvalue weighted by atomic mass is 9.72. The Labute approximate surface area is 164 Å². The van der Waals surface area contributed by atoms with Gasteiger partial charge in [0.05, 0.1) is 12.1 Å². The quantitative estimate of drug-likeness (QED) is 0.794. The molecule has 3 aliphatic rings. The summed E-state index contributed by atoms with van der Waals surface area (Å²) in [5.74, 6) is 1.52. The van der Waals surface area contributed by atoms with Crippen LogP contribution < -0.4 is 5.32 Å². The van der Waals surface area contributed by atoms with Crippen LogP contribution in [0.25, 0.3) is 0 Å². The lowest BCUT2D eigenvalue weighted by Crippen LogP contribution is -2.68. The molecule has 2 heterocycles. The van der Waals surface area contributed by atoms with E-state index in [-0.39, 0.29) is 36.0 Å². The minimum atomic E-state index is -0.276. The van der Waals surface area contributed by atoms with Gasteiger partial charge >= 0.3 is 0 Å². The van der Waals surface area contributed by atoms with Gasteiger partial charge in [0.15, 0.2) is 0 Å². The van der Waals surface area contributed by atoms with E-state index in [0.29, 0.717) is 25.0 Å². The van der Waals surface area contributed by atoms with Crippen LogP contribution in [0.15, 0.2) is 0 Å². The van der Waals surface area contributed by atoms with E-state index >= 15 is 0 Å². The van der Waals surface area contributed by atoms with Gasteiger partial charge in [0.2, 0.25) is 5.91 Å². The fourth-order valence-electron chi connectivity index (χ4n) is 5.75. The third-order valence-electron chi connectivity index (χ3n) is 7.02. The van der Waals surface area contributed by atoms with Crippen molar-refractivity contribution in [2.75, 3.05) is 26.7 Å². The lowest BCUT2D eigenvalue weighted by molar-refractivity contribution is -0.160. The number of hydrogen-bond acceptors (Lipinski definition) is 4. The van der Waals surface area contributed by atoms with E-state index in [1.54, 1.807) is 6.92 Å². The van der Waals surface area contributed by atoms with Gasteiger partial charge < -0.3 is 19.9 Å². The van der Waals surface area contributed by atoms with Crippen LogP contribution in [0.4, 0.5) is 0 Å². The van der Waals surface area contributed by atoms with Crippen molar-refractivity contribution in [3.05, 3.63) is 0 Å². The first-order chi connectivity index (χ1) is 13.0. The second-order valence-corrected chi connectivity index (χ2v) is 8.70. The molecular formula is C21H37N3O3. The zero-order chi connectivity index (χ0) is 19.6. The summed E-state index contributed by atoms with van der Waals surface area (Å²) in [4.78, 5) is 29.7. The van der Waals surface area contributed by atoms with Crippen LogP contribution in [0, 0.1) is 11.8 Å². The molecule has 0 bridgehead atoms. The van der Waals surface area contributed by atoms with Gasteiger partial charge in [-0.1, -0.05) is 13.3 Å². The Hall–Kier alpha value is -1.14. The summed E-state index contributed by atoms with van der Waals surface area (Å²) in [5.41, 5.74) is 0. The van der Waals surface area contributed by atoms with E-state index in [4.69, 9.17) is 4.74 Å². The second kappa shape index (κ2) is 8.91. The molecule has 6 unspecified atom stereocenters. The van der Waals surface area contributed by atoms with Gasteiger partial charge in [-0.05, 0) is 64.5 Å². The van der Waals surface area contributed by atoms with Crippen molar-refractivity contribution < 1.29 is 14.3 Å². The molecule has 154 valence electrons. The zero-order valence-corrected chi connectivity index (χ0v) is 17.4. The molecule has 6 atom stereocenters. The van der Waals surface area contributed by atoms with E-state index in [2.05, 4.69) is 29.0 Å². The van der Waals surface area contributed by atoms with Crippen LogP contribution in [0.1, 0.15) is 59.3 Å². The summed E-state index contributed by atoms with van der Waals surface area (Å²) in [6.07, 6.45) is 5.81. The van der Waals surface area contributed by atoms with Crippen molar-refractivity contribution in [2.45, 2.75) is 83.5 Å². The van der Waals surface area contributed by atoms with Crippen LogP contribution in [0.5, 0.6) is 0 Å². The van der Waals surface area contributed by atoms with E-state index in [0.717, 1.165) is 45.1 Å². The Balaban J connectivity index is 1.82. The average molecular weight is 380 g/mol. The number of fused-ring (bicyclic) bond motifs is 1. The van der Waals surface area contributed by atoms with Crippen LogP contribution >= 0.6 is 0 Å². The molecule has 0 aromatic heterocycles. The number of nitrogens with one attached hydrogen (secondary N) is 1. The van der Waals surface area contributed by atoms with Crippen molar-refractivity contribution in [1.82, 2.24) is 15.1 Å². The molecule has 1 saturated carbocycles. The minimum absolute atomic E-state index is 0.0740. The summed E-state index contributed by atoms with van der Waals surface area (Å²) in [5, 5.41) is 3.34. The molecule has 3 rings (SSSR count). The SMILES string of the molecule is CCC(CNC)C1CCC2C(C1)N(C(=O)C1CCCO1)CC(C)N2C(C)=O. The fourth-order valence-corrected chi connectivity index (χ4v) is 5.75. The third kappa shape index (κ3) is 4.16. The standard InChI is InChI=1S/C21H37N3O3/c1-5-16(12-22-4)17-8-9-18-19(11-17)23(13-14(2)24(18)15(3)25)21(26)20-7-6-10-27-20/h14,16-20,22H,5-13H2,1-4H3. The summed E-state index contributed by atoms with van der Waals surface area (Å²) in [6.45, 7) is 8.35. The largest absolute Gasteiger partial charge is 0.368 e. The molecule has 6 nitrogen and oxygen atoms in total. The molecule has 0 spiro atoms. The predicted molar refractivity (Wildman–Crippen MR) is 105 cm³/mol. The highest BCUT2D eigenvalue weighted by molar-refractivity contribution is 5.82. The number of carbonyl (C=O) groups excluding carboxylic acids is 2.